The first kappa shape index (κ1) is 24.4. The van der Waals surface area contributed by atoms with Gasteiger partial charge in [0.25, 0.3) is 5.91 Å². The normalized spacial score (nSPS) is 24.9. The van der Waals surface area contributed by atoms with Crippen molar-refractivity contribution >= 4 is 17.8 Å². The summed E-state index contributed by atoms with van der Waals surface area (Å²) < 4.78 is 19.0. The highest BCUT2D eigenvalue weighted by Gasteiger charge is 2.57. The number of amides is 4. The van der Waals surface area contributed by atoms with Gasteiger partial charge < -0.3 is 15.0 Å². The number of rotatable bonds is 6. The molecule has 0 radical (unpaired) electrons. The molecule has 1 N–H and O–H groups in total. The molecule has 3 aliphatic rings. The molecule has 0 bridgehead atoms. The van der Waals surface area contributed by atoms with Crippen molar-refractivity contribution in [3.05, 3.63) is 71.0 Å². The van der Waals surface area contributed by atoms with E-state index in [1.807, 2.05) is 36.1 Å². The summed E-state index contributed by atoms with van der Waals surface area (Å²) in [6.07, 6.45) is 2.45. The van der Waals surface area contributed by atoms with Crippen molar-refractivity contribution in [1.29, 1.82) is 0 Å². The summed E-state index contributed by atoms with van der Waals surface area (Å²) in [4.78, 5) is 43.2. The van der Waals surface area contributed by atoms with Crippen LogP contribution >= 0.6 is 0 Å². The zero-order chi connectivity index (χ0) is 25.3. The van der Waals surface area contributed by atoms with Crippen LogP contribution in [0, 0.1) is 18.7 Å². The smallest absolute Gasteiger partial charge is 0.325 e. The number of ether oxygens (including phenoxy) is 1. The lowest BCUT2D eigenvalue weighted by Crippen LogP contribution is -2.58. The Balaban J connectivity index is 1.35. The van der Waals surface area contributed by atoms with Gasteiger partial charge in [0, 0.05) is 26.1 Å². The van der Waals surface area contributed by atoms with E-state index in [2.05, 4.69) is 5.32 Å². The van der Waals surface area contributed by atoms with Crippen LogP contribution in [0.3, 0.4) is 0 Å². The lowest BCUT2D eigenvalue weighted by atomic mass is 9.73. The molecule has 0 aromatic heterocycles. The highest BCUT2D eigenvalue weighted by molar-refractivity contribution is 6.07. The summed E-state index contributed by atoms with van der Waals surface area (Å²) in [6, 6.07) is 13.3. The fourth-order valence-electron chi connectivity index (χ4n) is 5.84. The van der Waals surface area contributed by atoms with E-state index >= 15 is 0 Å². The van der Waals surface area contributed by atoms with E-state index in [9.17, 15) is 18.8 Å². The minimum atomic E-state index is -1.12. The monoisotopic (exact) mass is 493 g/mol. The highest BCUT2D eigenvalue weighted by Crippen LogP contribution is 2.38. The van der Waals surface area contributed by atoms with Gasteiger partial charge in [-0.1, -0.05) is 36.4 Å². The quantitative estimate of drug-likeness (QED) is 0.627. The minimum Gasteiger partial charge on any atom is -0.379 e. The Kier molecular flexibility index (Phi) is 6.79. The van der Waals surface area contributed by atoms with Gasteiger partial charge in [0.15, 0.2) is 0 Å². The van der Waals surface area contributed by atoms with E-state index in [-0.39, 0.29) is 36.0 Å². The maximum atomic E-state index is 13.9. The predicted molar refractivity (Wildman–Crippen MR) is 132 cm³/mol. The van der Waals surface area contributed by atoms with E-state index in [4.69, 9.17) is 4.74 Å². The molecule has 190 valence electrons. The second-order valence-electron chi connectivity index (χ2n) is 10.2. The van der Waals surface area contributed by atoms with Gasteiger partial charge in [0.1, 0.15) is 11.4 Å². The molecule has 36 heavy (non-hydrogen) atoms. The first-order valence-corrected chi connectivity index (χ1v) is 12.7. The molecule has 0 aliphatic carbocycles. The molecule has 2 atom stereocenters. The van der Waals surface area contributed by atoms with Gasteiger partial charge in [-0.3, -0.25) is 14.5 Å². The van der Waals surface area contributed by atoms with Crippen molar-refractivity contribution in [2.24, 2.45) is 5.92 Å². The fraction of sp³-hybridized carbons (Fsp3) is 0.464. The first-order chi connectivity index (χ1) is 17.4. The van der Waals surface area contributed by atoms with Crippen molar-refractivity contribution < 1.29 is 23.5 Å². The van der Waals surface area contributed by atoms with E-state index in [1.165, 1.54) is 17.0 Å². The number of hydrogen-bond donors (Lipinski definition) is 1. The summed E-state index contributed by atoms with van der Waals surface area (Å²) in [5.41, 5.74) is 1.77. The van der Waals surface area contributed by atoms with E-state index in [0.29, 0.717) is 52.0 Å². The van der Waals surface area contributed by atoms with Gasteiger partial charge in [-0.25, -0.2) is 9.18 Å². The van der Waals surface area contributed by atoms with Gasteiger partial charge in [-0.05, 0) is 60.9 Å². The van der Waals surface area contributed by atoms with E-state index in [0.717, 1.165) is 16.7 Å². The number of imide groups is 1. The zero-order valence-electron chi connectivity index (χ0n) is 20.5. The van der Waals surface area contributed by atoms with Crippen LogP contribution in [-0.2, 0) is 27.2 Å². The van der Waals surface area contributed by atoms with Crippen molar-refractivity contribution in [3.63, 3.8) is 0 Å². The molecule has 3 fully saturated rings. The summed E-state index contributed by atoms with van der Waals surface area (Å²) in [5, 5.41) is 3.05. The van der Waals surface area contributed by atoms with Crippen LogP contribution in [0.1, 0.15) is 36.0 Å². The van der Waals surface area contributed by atoms with Crippen molar-refractivity contribution in [2.75, 3.05) is 26.3 Å². The fourth-order valence-corrected chi connectivity index (χ4v) is 5.84. The van der Waals surface area contributed by atoms with Gasteiger partial charge in [-0.15, -0.1) is 0 Å². The molecular weight excluding hydrogens is 461 g/mol. The highest BCUT2D eigenvalue weighted by atomic mass is 19.1. The number of halogens is 1. The number of urea groups is 1. The number of carbonyl (C=O) groups is 3. The number of nitrogens with zero attached hydrogens (tertiary/aromatic N) is 2. The third kappa shape index (κ3) is 4.62. The number of piperidine rings is 1. The lowest BCUT2D eigenvalue weighted by Gasteiger charge is -2.41. The second-order valence-corrected chi connectivity index (χ2v) is 10.2. The number of aryl methyl sites for hydroxylation is 1. The van der Waals surface area contributed by atoms with Gasteiger partial charge >= 0.3 is 6.03 Å². The number of nitrogens with one attached hydrogen (secondary N) is 1. The summed E-state index contributed by atoms with van der Waals surface area (Å²) in [5.74, 6) is -0.660. The maximum absolute atomic E-state index is 13.9. The molecule has 0 saturated carbocycles. The summed E-state index contributed by atoms with van der Waals surface area (Å²) in [6.45, 7) is 3.92. The van der Waals surface area contributed by atoms with Crippen LogP contribution in [0.15, 0.2) is 48.5 Å². The van der Waals surface area contributed by atoms with Gasteiger partial charge in [-0.2, -0.15) is 0 Å². The predicted octanol–water partition coefficient (Wildman–Crippen LogP) is 3.24. The molecule has 4 amide bonds. The Hall–Kier alpha value is -3.26. The molecule has 0 spiro atoms. The molecule has 0 unspecified atom stereocenters. The summed E-state index contributed by atoms with van der Waals surface area (Å²) in [7, 11) is 0. The molecule has 5 rings (SSSR count). The summed E-state index contributed by atoms with van der Waals surface area (Å²) >= 11 is 0. The SMILES string of the molecule is Cc1ccccc1CC(=O)N1CCC([C@@]2(Cc3ccc(F)cc3)NC(=O)N([C@@H]3CCOC3)C2=O)CC1. The van der Waals surface area contributed by atoms with Crippen molar-refractivity contribution in [1.82, 2.24) is 15.1 Å². The van der Waals surface area contributed by atoms with Crippen molar-refractivity contribution in [3.8, 4) is 0 Å². The Morgan fingerprint density at radius 1 is 1.08 bits per heavy atom. The van der Waals surface area contributed by atoms with Gasteiger partial charge in [0.2, 0.25) is 5.91 Å². The number of likely N-dealkylation sites (tertiary alicyclic amines) is 1. The number of hydrogen-bond acceptors (Lipinski definition) is 4. The second kappa shape index (κ2) is 10.0. The van der Waals surface area contributed by atoms with Crippen LogP contribution in [0.2, 0.25) is 0 Å². The van der Waals surface area contributed by atoms with Crippen LogP contribution < -0.4 is 5.32 Å². The first-order valence-electron chi connectivity index (χ1n) is 12.7. The minimum absolute atomic E-state index is 0.0712. The molecule has 3 aliphatic heterocycles. The molecule has 7 nitrogen and oxygen atoms in total. The van der Waals surface area contributed by atoms with E-state index < -0.39 is 11.6 Å². The standard InChI is InChI=1S/C28H32FN3O4/c1-19-4-2-3-5-21(19)16-25(33)31-13-10-22(11-14-31)28(17-20-6-8-23(29)9-7-20)26(34)32(27(35)30-28)24-12-15-36-18-24/h2-9,22,24H,10-18H2,1H3,(H,30,35)/t24-,28-/m1/s1. The molecule has 3 heterocycles. The van der Waals surface area contributed by atoms with Crippen LogP contribution in [0.25, 0.3) is 0 Å². The Bertz CT molecular complexity index is 1140. The maximum Gasteiger partial charge on any atom is 0.325 e. The third-order valence-corrected chi connectivity index (χ3v) is 7.96. The molecular formula is C28H32FN3O4. The van der Waals surface area contributed by atoms with Gasteiger partial charge in [0.05, 0.1) is 19.1 Å². The molecule has 2 aromatic carbocycles. The Labute approximate surface area is 210 Å². The molecule has 3 saturated heterocycles. The Morgan fingerprint density at radius 3 is 2.47 bits per heavy atom. The lowest BCUT2D eigenvalue weighted by molar-refractivity contribution is -0.137. The van der Waals surface area contributed by atoms with Crippen LogP contribution in [0.4, 0.5) is 9.18 Å². The molecule has 2 aromatic rings. The average Bonchev–Trinajstić information content (AvgIpc) is 3.48. The topological polar surface area (TPSA) is 79.0 Å². The van der Waals surface area contributed by atoms with Crippen LogP contribution in [0.5, 0.6) is 0 Å². The van der Waals surface area contributed by atoms with Crippen molar-refractivity contribution in [2.45, 2.75) is 50.6 Å². The Morgan fingerprint density at radius 2 is 1.81 bits per heavy atom. The van der Waals surface area contributed by atoms with E-state index in [1.54, 1.807) is 12.1 Å². The molecule has 8 heteroatoms. The van der Waals surface area contributed by atoms with Crippen LogP contribution in [-0.4, -0.2) is 65.5 Å². The average molecular weight is 494 g/mol. The third-order valence-electron chi connectivity index (χ3n) is 7.96. The number of carbonyl (C=O) groups excluding carboxylic acids is 3. The zero-order valence-corrected chi connectivity index (χ0v) is 20.5. The number of benzene rings is 2. The largest absolute Gasteiger partial charge is 0.379 e.